The van der Waals surface area contributed by atoms with Crippen LogP contribution in [0.2, 0.25) is 0 Å². The number of anilines is 1. The number of rotatable bonds is 1. The molecule has 1 fully saturated rings. The highest BCUT2D eigenvalue weighted by atomic mass is 16.2. The van der Waals surface area contributed by atoms with Gasteiger partial charge >= 0.3 is 0 Å². The van der Waals surface area contributed by atoms with Crippen molar-refractivity contribution in [1.29, 1.82) is 5.26 Å². The van der Waals surface area contributed by atoms with Crippen molar-refractivity contribution < 1.29 is 19.2 Å². The van der Waals surface area contributed by atoms with E-state index in [1.165, 1.54) is 9.80 Å². The molecule has 1 spiro atoms. The van der Waals surface area contributed by atoms with Gasteiger partial charge in [0.15, 0.2) is 0 Å². The largest absolute Gasteiger partial charge is 0.345 e. The van der Waals surface area contributed by atoms with Gasteiger partial charge in [-0.2, -0.15) is 5.26 Å². The molecule has 9 heteroatoms. The molecule has 2 N–H and O–H groups in total. The molecule has 1 aromatic carbocycles. The van der Waals surface area contributed by atoms with Crippen molar-refractivity contribution in [1.82, 2.24) is 15.1 Å². The highest BCUT2D eigenvalue weighted by Crippen LogP contribution is 2.47. The van der Waals surface area contributed by atoms with Crippen molar-refractivity contribution in [3.63, 3.8) is 0 Å². The van der Waals surface area contributed by atoms with E-state index in [-0.39, 0.29) is 42.0 Å². The first-order chi connectivity index (χ1) is 17.4. The number of hydrogen-bond donors (Lipinski definition) is 2. The molecule has 1 unspecified atom stereocenters. The number of nitrogens with one attached hydrogen (secondary N) is 2. The van der Waals surface area contributed by atoms with Gasteiger partial charge in [-0.15, -0.1) is 0 Å². The number of nitrogens with zero attached hydrogens (tertiary/aromatic N) is 3. The van der Waals surface area contributed by atoms with Gasteiger partial charge < -0.3 is 20.4 Å². The lowest BCUT2D eigenvalue weighted by atomic mass is 9.79. The van der Waals surface area contributed by atoms with Gasteiger partial charge in [0.1, 0.15) is 18.1 Å². The van der Waals surface area contributed by atoms with E-state index in [2.05, 4.69) is 16.7 Å². The van der Waals surface area contributed by atoms with E-state index in [1.807, 2.05) is 39.0 Å². The molecule has 0 radical (unpaired) electrons. The Kier molecular flexibility index (Phi) is 7.06. The topological polar surface area (TPSA) is 123 Å². The van der Waals surface area contributed by atoms with Crippen LogP contribution >= 0.6 is 0 Å². The lowest BCUT2D eigenvalue weighted by Crippen LogP contribution is -2.56. The first kappa shape index (κ1) is 26.6. The van der Waals surface area contributed by atoms with Crippen LogP contribution in [-0.4, -0.2) is 65.1 Å². The summed E-state index contributed by atoms with van der Waals surface area (Å²) in [5, 5.41) is 15.8. The average Bonchev–Trinajstić information content (AvgIpc) is 3.36. The number of benzene rings is 1. The second-order valence-electron chi connectivity index (χ2n) is 12.0. The third-order valence-electron chi connectivity index (χ3n) is 7.85. The molecule has 4 amide bonds. The van der Waals surface area contributed by atoms with Gasteiger partial charge in [-0.1, -0.05) is 32.9 Å². The summed E-state index contributed by atoms with van der Waals surface area (Å²) in [4.78, 5) is 56.2. The van der Waals surface area contributed by atoms with E-state index in [9.17, 15) is 24.4 Å². The fourth-order valence-electron chi connectivity index (χ4n) is 5.84. The molecule has 4 rings (SSSR count). The van der Waals surface area contributed by atoms with Crippen LogP contribution in [0.25, 0.3) is 0 Å². The molecule has 4 atom stereocenters. The molecule has 0 saturated carbocycles. The summed E-state index contributed by atoms with van der Waals surface area (Å²) in [5.74, 6) is -1.12. The monoisotopic (exact) mass is 507 g/mol. The number of nitriles is 1. The smallest absolute Gasteiger partial charge is 0.246 e. The zero-order valence-electron chi connectivity index (χ0n) is 22.4. The molecule has 1 aromatic rings. The van der Waals surface area contributed by atoms with Crippen molar-refractivity contribution in [2.24, 2.45) is 5.41 Å². The lowest BCUT2D eigenvalue weighted by molar-refractivity contribution is -0.147. The predicted molar refractivity (Wildman–Crippen MR) is 138 cm³/mol. The number of likely N-dealkylation sites (N-methyl/N-ethyl adjacent to an activating group) is 1. The van der Waals surface area contributed by atoms with Crippen LogP contribution in [0.1, 0.15) is 70.9 Å². The van der Waals surface area contributed by atoms with Gasteiger partial charge in [0.25, 0.3) is 0 Å². The molecule has 198 valence electrons. The van der Waals surface area contributed by atoms with Crippen LogP contribution in [-0.2, 0) is 31.0 Å². The van der Waals surface area contributed by atoms with Crippen LogP contribution in [0.5, 0.6) is 0 Å². The van der Waals surface area contributed by atoms with E-state index in [4.69, 9.17) is 0 Å². The number of carbonyl (C=O) groups excluding carboxylic acids is 4. The van der Waals surface area contributed by atoms with Gasteiger partial charge in [0, 0.05) is 32.1 Å². The third-order valence-corrected chi connectivity index (χ3v) is 7.85. The van der Waals surface area contributed by atoms with E-state index in [1.54, 1.807) is 14.0 Å². The zero-order chi connectivity index (χ0) is 27.1. The lowest BCUT2D eigenvalue weighted by Gasteiger charge is -2.36. The Hall–Kier alpha value is -3.41. The van der Waals surface area contributed by atoms with E-state index in [0.29, 0.717) is 24.9 Å². The van der Waals surface area contributed by atoms with E-state index < -0.39 is 23.5 Å². The first-order valence-corrected chi connectivity index (χ1v) is 13.1. The molecule has 4 bridgehead atoms. The molecule has 0 aromatic heterocycles. The number of carbonyl (C=O) groups is 4. The van der Waals surface area contributed by atoms with Gasteiger partial charge in [0.2, 0.25) is 23.6 Å². The molecule has 3 heterocycles. The number of aryl methyl sites for hydroxylation is 1. The molecule has 9 nitrogen and oxygen atoms in total. The van der Waals surface area contributed by atoms with Crippen molar-refractivity contribution in [3.8, 4) is 6.07 Å². The molecular weight excluding hydrogens is 470 g/mol. The highest BCUT2D eigenvalue weighted by molar-refractivity contribution is 6.07. The Morgan fingerprint density at radius 3 is 2.49 bits per heavy atom. The minimum atomic E-state index is -1.00. The SMILES string of the molecule is C[C@@H]1NC(=O)CCCCc2ccc3c(c2)[C@@]2(CC(C#N)N(C2)C(=O)[C@H](CC(C)(C)C)N(C)C1=O)C(=O)N3. The Balaban J connectivity index is 1.79. The van der Waals surface area contributed by atoms with Gasteiger partial charge in [-0.3, -0.25) is 19.2 Å². The van der Waals surface area contributed by atoms with Crippen LogP contribution in [0.4, 0.5) is 5.69 Å². The fraction of sp³-hybridized carbons (Fsp3) is 0.607. The van der Waals surface area contributed by atoms with Gasteiger partial charge in [-0.25, -0.2) is 0 Å². The summed E-state index contributed by atoms with van der Waals surface area (Å²) in [6, 6.07) is 5.69. The summed E-state index contributed by atoms with van der Waals surface area (Å²) >= 11 is 0. The number of hydrogen-bond acceptors (Lipinski definition) is 5. The normalized spacial score (nSPS) is 29.0. The van der Waals surface area contributed by atoms with Crippen LogP contribution < -0.4 is 10.6 Å². The van der Waals surface area contributed by atoms with Crippen LogP contribution in [0, 0.1) is 16.7 Å². The van der Waals surface area contributed by atoms with E-state index in [0.717, 1.165) is 24.0 Å². The second-order valence-corrected chi connectivity index (χ2v) is 12.0. The Labute approximate surface area is 218 Å². The quantitative estimate of drug-likeness (QED) is 0.605. The predicted octanol–water partition coefficient (Wildman–Crippen LogP) is 2.50. The van der Waals surface area contributed by atoms with Crippen molar-refractivity contribution >= 4 is 29.3 Å². The summed E-state index contributed by atoms with van der Waals surface area (Å²) in [6.45, 7) is 7.68. The van der Waals surface area contributed by atoms with Crippen molar-refractivity contribution in [2.45, 2.75) is 89.8 Å². The van der Waals surface area contributed by atoms with Gasteiger partial charge in [0.05, 0.1) is 11.5 Å². The maximum Gasteiger partial charge on any atom is 0.246 e. The molecule has 1 saturated heterocycles. The number of fused-ring (bicyclic) bond motifs is 2. The molecule has 0 aliphatic carbocycles. The third kappa shape index (κ3) is 5.07. The Bertz CT molecular complexity index is 1170. The zero-order valence-corrected chi connectivity index (χ0v) is 22.4. The summed E-state index contributed by atoms with van der Waals surface area (Å²) < 4.78 is 0. The standard InChI is InChI=1S/C28H37N5O4/c1-17-24(35)32(5)22(14-27(2,3)4)25(36)33-16-28(13-19(33)15-29)20-12-18(8-6-7-9-23(34)30-17)10-11-21(20)31-26(28)37/h10-12,17,19,22H,6-9,13-14,16H2,1-5H3,(H,30,34)(H,31,37)/t17-,19?,22-,28-/m0/s1. The molecule has 3 aliphatic rings. The average molecular weight is 508 g/mol. The minimum absolute atomic E-state index is 0.0846. The molecular formula is C28H37N5O4. The van der Waals surface area contributed by atoms with Crippen LogP contribution in [0.3, 0.4) is 0 Å². The maximum absolute atomic E-state index is 14.1. The minimum Gasteiger partial charge on any atom is -0.345 e. The van der Waals surface area contributed by atoms with E-state index >= 15 is 0 Å². The first-order valence-electron chi connectivity index (χ1n) is 13.1. The van der Waals surface area contributed by atoms with Gasteiger partial charge in [-0.05, 0) is 55.2 Å². The maximum atomic E-state index is 14.1. The van der Waals surface area contributed by atoms with Crippen LogP contribution in [0.15, 0.2) is 18.2 Å². The number of amides is 4. The highest BCUT2D eigenvalue weighted by Gasteiger charge is 2.57. The molecule has 3 aliphatic heterocycles. The summed E-state index contributed by atoms with van der Waals surface area (Å²) in [6.07, 6.45) is 3.06. The molecule has 37 heavy (non-hydrogen) atoms. The summed E-state index contributed by atoms with van der Waals surface area (Å²) in [7, 11) is 1.57. The Morgan fingerprint density at radius 2 is 1.81 bits per heavy atom. The van der Waals surface area contributed by atoms with Crippen molar-refractivity contribution in [2.75, 3.05) is 18.9 Å². The summed E-state index contributed by atoms with van der Waals surface area (Å²) in [5.41, 5.74) is 1.27. The Morgan fingerprint density at radius 1 is 1.11 bits per heavy atom. The fourth-order valence-corrected chi connectivity index (χ4v) is 5.84. The van der Waals surface area contributed by atoms with Crippen molar-refractivity contribution in [3.05, 3.63) is 29.3 Å². The second kappa shape index (κ2) is 9.81.